The minimum atomic E-state index is -3.20. The largest absolute Gasteiger partial charge is 0.480 e. The van der Waals surface area contributed by atoms with E-state index in [9.17, 15) is 8.42 Å². The summed E-state index contributed by atoms with van der Waals surface area (Å²) < 4.78 is 28.2. The Bertz CT molecular complexity index is 714. The van der Waals surface area contributed by atoms with Crippen molar-refractivity contribution >= 4 is 9.84 Å². The van der Waals surface area contributed by atoms with E-state index in [0.717, 1.165) is 5.56 Å². The number of nitrogens with zero attached hydrogens (tertiary/aromatic N) is 2. The van der Waals surface area contributed by atoms with Crippen molar-refractivity contribution in [2.24, 2.45) is 0 Å². The van der Waals surface area contributed by atoms with Crippen LogP contribution in [0.4, 0.5) is 0 Å². The third kappa shape index (κ3) is 3.37. The second kappa shape index (κ2) is 6.19. The molecule has 1 unspecified atom stereocenters. The van der Waals surface area contributed by atoms with Crippen molar-refractivity contribution in [3.8, 4) is 5.88 Å². The van der Waals surface area contributed by atoms with Gasteiger partial charge in [0.1, 0.15) is 5.69 Å². The van der Waals surface area contributed by atoms with Crippen LogP contribution in [-0.2, 0) is 9.84 Å². The zero-order valence-corrected chi connectivity index (χ0v) is 12.9. The molecule has 0 radical (unpaired) electrons. The van der Waals surface area contributed by atoms with Crippen LogP contribution < -0.4 is 10.1 Å². The monoisotopic (exact) mass is 307 g/mol. The van der Waals surface area contributed by atoms with E-state index in [1.807, 2.05) is 0 Å². The summed E-state index contributed by atoms with van der Waals surface area (Å²) in [4.78, 5) is 8.71. The molecule has 0 aliphatic rings. The molecule has 0 bridgehead atoms. The molecule has 2 rings (SSSR count). The van der Waals surface area contributed by atoms with Gasteiger partial charge in [-0.15, -0.1) is 0 Å². The van der Waals surface area contributed by atoms with Gasteiger partial charge in [0.05, 0.1) is 18.0 Å². The van der Waals surface area contributed by atoms with E-state index >= 15 is 0 Å². The summed E-state index contributed by atoms with van der Waals surface area (Å²) in [5.41, 5.74) is 1.53. The van der Waals surface area contributed by atoms with Crippen LogP contribution in [0, 0.1) is 0 Å². The van der Waals surface area contributed by atoms with Crippen LogP contribution in [0.25, 0.3) is 0 Å². The van der Waals surface area contributed by atoms with Gasteiger partial charge in [-0.05, 0) is 24.7 Å². The maximum absolute atomic E-state index is 11.5. The van der Waals surface area contributed by atoms with Crippen LogP contribution in [0.1, 0.15) is 17.3 Å². The number of sulfone groups is 1. The SMILES string of the molecule is CNC(c1ccc(S(C)(=O)=O)cc1)c1nccnc1OC. The minimum absolute atomic E-state index is 0.234. The van der Waals surface area contributed by atoms with E-state index in [1.165, 1.54) is 13.4 Å². The van der Waals surface area contributed by atoms with Crippen molar-refractivity contribution in [2.45, 2.75) is 10.9 Å². The van der Waals surface area contributed by atoms with Crippen molar-refractivity contribution in [3.63, 3.8) is 0 Å². The summed E-state index contributed by atoms with van der Waals surface area (Å²) in [5.74, 6) is 0.434. The molecule has 0 fully saturated rings. The van der Waals surface area contributed by atoms with E-state index < -0.39 is 9.84 Å². The number of methoxy groups -OCH3 is 1. The zero-order valence-electron chi connectivity index (χ0n) is 12.1. The molecule has 0 aliphatic heterocycles. The molecule has 112 valence electrons. The quantitative estimate of drug-likeness (QED) is 0.894. The average molecular weight is 307 g/mol. The Morgan fingerprint density at radius 1 is 1.14 bits per heavy atom. The van der Waals surface area contributed by atoms with Gasteiger partial charge >= 0.3 is 0 Å². The van der Waals surface area contributed by atoms with Gasteiger partial charge in [0, 0.05) is 18.6 Å². The molecule has 0 aliphatic carbocycles. The summed E-state index contributed by atoms with van der Waals surface area (Å²) in [6, 6.07) is 6.44. The molecule has 6 nitrogen and oxygen atoms in total. The fourth-order valence-electron chi connectivity index (χ4n) is 2.06. The Morgan fingerprint density at radius 2 is 1.76 bits per heavy atom. The van der Waals surface area contributed by atoms with Gasteiger partial charge in [-0.25, -0.2) is 13.4 Å². The lowest BCUT2D eigenvalue weighted by Gasteiger charge is -2.18. The molecule has 0 saturated carbocycles. The summed E-state index contributed by atoms with van der Waals surface area (Å²) in [6.45, 7) is 0. The van der Waals surface area contributed by atoms with Crippen molar-refractivity contribution in [1.82, 2.24) is 15.3 Å². The first-order valence-electron chi connectivity index (χ1n) is 6.29. The Hall–Kier alpha value is -1.99. The fraction of sp³-hybridized carbons (Fsp3) is 0.286. The van der Waals surface area contributed by atoms with Gasteiger partial charge in [-0.1, -0.05) is 12.1 Å². The second-order valence-electron chi connectivity index (χ2n) is 4.51. The number of benzene rings is 1. The van der Waals surface area contributed by atoms with Gasteiger partial charge < -0.3 is 10.1 Å². The fourth-order valence-corrected chi connectivity index (χ4v) is 2.69. The molecule has 1 N–H and O–H groups in total. The Kier molecular flexibility index (Phi) is 4.54. The van der Waals surface area contributed by atoms with Crippen LogP contribution in [0.15, 0.2) is 41.6 Å². The predicted octanol–water partition coefficient (Wildman–Crippen LogP) is 1.20. The van der Waals surface area contributed by atoms with Gasteiger partial charge in [0.15, 0.2) is 9.84 Å². The molecule has 0 saturated heterocycles. The molecule has 21 heavy (non-hydrogen) atoms. The van der Waals surface area contributed by atoms with Crippen LogP contribution in [0.5, 0.6) is 5.88 Å². The van der Waals surface area contributed by atoms with Gasteiger partial charge in [0.25, 0.3) is 0 Å². The number of hydrogen-bond donors (Lipinski definition) is 1. The van der Waals surface area contributed by atoms with Gasteiger partial charge in [0.2, 0.25) is 5.88 Å². The van der Waals surface area contributed by atoms with E-state index in [-0.39, 0.29) is 10.9 Å². The number of hydrogen-bond acceptors (Lipinski definition) is 6. The highest BCUT2D eigenvalue weighted by molar-refractivity contribution is 7.90. The molecule has 7 heteroatoms. The van der Waals surface area contributed by atoms with E-state index in [2.05, 4.69) is 15.3 Å². The standard InChI is InChI=1S/C14H17N3O3S/c1-15-12(13-14(20-2)17-9-8-16-13)10-4-6-11(7-5-10)21(3,18)19/h4-9,12,15H,1-3H3. The first-order valence-corrected chi connectivity index (χ1v) is 8.18. The summed E-state index contributed by atoms with van der Waals surface area (Å²) >= 11 is 0. The topological polar surface area (TPSA) is 81.2 Å². The first-order chi connectivity index (χ1) is 9.97. The molecule has 2 aromatic rings. The Balaban J connectivity index is 2.42. The molecule has 0 spiro atoms. The van der Waals surface area contributed by atoms with E-state index in [1.54, 1.807) is 43.7 Å². The highest BCUT2D eigenvalue weighted by atomic mass is 32.2. The lowest BCUT2D eigenvalue weighted by atomic mass is 10.0. The number of nitrogens with one attached hydrogen (secondary N) is 1. The summed E-state index contributed by atoms with van der Waals surface area (Å²) in [6.07, 6.45) is 4.33. The average Bonchev–Trinajstić information content (AvgIpc) is 2.48. The van der Waals surface area contributed by atoms with Crippen LogP contribution >= 0.6 is 0 Å². The molecule has 1 heterocycles. The zero-order chi connectivity index (χ0) is 15.5. The Labute approximate surface area is 124 Å². The second-order valence-corrected chi connectivity index (χ2v) is 6.53. The highest BCUT2D eigenvalue weighted by Crippen LogP contribution is 2.26. The molecular formula is C14H17N3O3S. The highest BCUT2D eigenvalue weighted by Gasteiger charge is 2.19. The molecule has 1 aromatic carbocycles. The number of aromatic nitrogens is 2. The Morgan fingerprint density at radius 3 is 2.29 bits per heavy atom. The summed E-state index contributed by atoms with van der Waals surface area (Å²) in [5, 5.41) is 3.14. The predicted molar refractivity (Wildman–Crippen MR) is 79.0 cm³/mol. The third-order valence-electron chi connectivity index (χ3n) is 3.09. The van der Waals surface area contributed by atoms with Crippen LogP contribution in [0.3, 0.4) is 0 Å². The third-order valence-corrected chi connectivity index (χ3v) is 4.22. The van der Waals surface area contributed by atoms with E-state index in [4.69, 9.17) is 4.74 Å². The lowest BCUT2D eigenvalue weighted by Crippen LogP contribution is -2.20. The minimum Gasteiger partial charge on any atom is -0.480 e. The summed E-state index contributed by atoms with van der Waals surface area (Å²) in [7, 11) is 0.127. The smallest absolute Gasteiger partial charge is 0.237 e. The first kappa shape index (κ1) is 15.4. The van der Waals surface area contributed by atoms with Crippen LogP contribution in [-0.4, -0.2) is 38.8 Å². The normalized spacial score (nSPS) is 12.9. The van der Waals surface area contributed by atoms with Gasteiger partial charge in [-0.3, -0.25) is 4.98 Å². The van der Waals surface area contributed by atoms with Crippen molar-refractivity contribution < 1.29 is 13.2 Å². The van der Waals surface area contributed by atoms with Crippen molar-refractivity contribution in [3.05, 3.63) is 47.9 Å². The number of ether oxygens (including phenoxy) is 1. The van der Waals surface area contributed by atoms with Crippen LogP contribution in [0.2, 0.25) is 0 Å². The maximum Gasteiger partial charge on any atom is 0.237 e. The lowest BCUT2D eigenvalue weighted by molar-refractivity contribution is 0.384. The number of rotatable bonds is 5. The van der Waals surface area contributed by atoms with Crippen molar-refractivity contribution in [2.75, 3.05) is 20.4 Å². The molecule has 0 amide bonds. The van der Waals surface area contributed by atoms with Gasteiger partial charge in [-0.2, -0.15) is 0 Å². The molecule has 1 aromatic heterocycles. The molecule has 1 atom stereocenters. The van der Waals surface area contributed by atoms with Crippen molar-refractivity contribution in [1.29, 1.82) is 0 Å². The maximum atomic E-state index is 11.5. The molecular weight excluding hydrogens is 290 g/mol. The van der Waals surface area contributed by atoms with E-state index in [0.29, 0.717) is 11.6 Å².